The summed E-state index contributed by atoms with van der Waals surface area (Å²) in [5.41, 5.74) is -2.10. The number of nitrogens with one attached hydrogen (secondary N) is 1. The third kappa shape index (κ3) is 7.04. The lowest BCUT2D eigenvalue weighted by Crippen LogP contribution is -2.61. The number of amides is 1. The van der Waals surface area contributed by atoms with Crippen molar-refractivity contribution in [1.82, 2.24) is 5.32 Å². The molecule has 3 saturated carbocycles. The van der Waals surface area contributed by atoms with Crippen LogP contribution in [0.15, 0.2) is 11.6 Å². The normalized spacial score (nSPS) is 33.7. The van der Waals surface area contributed by atoms with Crippen LogP contribution in [-0.4, -0.2) is 87.6 Å². The molecule has 3 fully saturated rings. The lowest BCUT2D eigenvalue weighted by Gasteiger charge is -2.59. The van der Waals surface area contributed by atoms with E-state index in [2.05, 4.69) is 23.2 Å². The van der Waals surface area contributed by atoms with Crippen LogP contribution in [0.2, 0.25) is 0 Å². The van der Waals surface area contributed by atoms with Gasteiger partial charge in [0.1, 0.15) is 18.0 Å². The third-order valence-electron chi connectivity index (χ3n) is 11.1. The molecule has 15 heteroatoms. The Morgan fingerprint density at radius 1 is 1.15 bits per heavy atom. The van der Waals surface area contributed by atoms with E-state index < -0.39 is 65.3 Å². The first-order valence-electron chi connectivity index (χ1n) is 15.9. The van der Waals surface area contributed by atoms with Crippen LogP contribution in [0.4, 0.5) is 4.79 Å². The number of Topliss-reactive ketones (excluding diaryl/α,β-unsaturated/α-hetero) is 2. The largest absolute Gasteiger partial charge is 0.508 e. The van der Waals surface area contributed by atoms with Gasteiger partial charge in [0.25, 0.3) is 5.09 Å². The zero-order chi connectivity index (χ0) is 33.9. The Morgan fingerprint density at radius 3 is 2.59 bits per heavy atom. The van der Waals surface area contributed by atoms with Crippen molar-refractivity contribution in [2.75, 3.05) is 19.8 Å². The number of carboxylic acids is 1. The fourth-order valence-corrected chi connectivity index (χ4v) is 8.65. The van der Waals surface area contributed by atoms with Gasteiger partial charge in [-0.1, -0.05) is 31.9 Å². The summed E-state index contributed by atoms with van der Waals surface area (Å²) in [5.74, 6) is -2.81. The number of hydrogen-bond acceptors (Lipinski definition) is 12. The fraction of sp³-hybridized carbons (Fsp3) is 0.774. The summed E-state index contributed by atoms with van der Waals surface area (Å²) in [5, 5.41) is 44.1. The maximum Gasteiger partial charge on any atom is 0.508 e. The second-order valence-corrected chi connectivity index (χ2v) is 13.6. The molecule has 15 nitrogen and oxygen atoms in total. The monoisotopic (exact) mass is 652 g/mol. The molecule has 0 aromatic carbocycles. The highest BCUT2D eigenvalue weighted by Gasteiger charge is 2.68. The molecule has 1 amide bonds. The number of nitrogens with zero attached hydrogens (tertiary/aromatic N) is 1. The molecule has 0 aliphatic heterocycles. The fourth-order valence-electron chi connectivity index (χ4n) is 8.65. The van der Waals surface area contributed by atoms with E-state index in [9.17, 15) is 49.4 Å². The zero-order valence-electron chi connectivity index (χ0n) is 26.2. The molecular formula is C31H44N2O13. The van der Waals surface area contributed by atoms with Crippen LogP contribution >= 0.6 is 0 Å². The number of unbranched alkanes of at least 4 members (excludes halogenated alkanes) is 2. The molecule has 0 saturated heterocycles. The van der Waals surface area contributed by atoms with E-state index in [-0.39, 0.29) is 54.8 Å². The first-order chi connectivity index (χ1) is 21.6. The molecule has 0 bridgehead atoms. The molecular weight excluding hydrogens is 608 g/mol. The molecule has 256 valence electrons. The molecule has 0 spiro atoms. The van der Waals surface area contributed by atoms with Gasteiger partial charge in [-0.05, 0) is 68.1 Å². The number of allylic oxidation sites excluding steroid dienone is 2. The number of aliphatic carboxylic acids is 1. The standard InChI is InChI=1S/C31H44N2O13/c1-29-11-9-19(34)14-18(29)7-8-20-21-10-12-31(41,30(21,2)15-23(35)26(20)29)24(36)17-45-28(40)44-16-22(27(38)39)32-25(37)6-4-3-5-13-46-33(42)43/h7,20-23,26,35,41H,3-6,8-17H2,1-2H3,(H,32,37)(H,38,39)/t20-,21-,22?,23-,26+,29-,30-,31-/m0/s1. The molecule has 0 radical (unpaired) electrons. The quantitative estimate of drug-likeness (QED) is 0.0695. The van der Waals surface area contributed by atoms with Crippen molar-refractivity contribution in [2.45, 2.75) is 102 Å². The molecule has 8 atom stereocenters. The number of carbonyl (C=O) groups excluding carboxylic acids is 4. The van der Waals surface area contributed by atoms with Crippen molar-refractivity contribution in [3.63, 3.8) is 0 Å². The number of ether oxygens (including phenoxy) is 2. The highest BCUT2D eigenvalue weighted by molar-refractivity contribution is 5.91. The summed E-state index contributed by atoms with van der Waals surface area (Å²) in [7, 11) is 0. The highest BCUT2D eigenvalue weighted by Crippen LogP contribution is 2.67. The van der Waals surface area contributed by atoms with E-state index >= 15 is 0 Å². The number of hydrogen-bond donors (Lipinski definition) is 4. The van der Waals surface area contributed by atoms with Gasteiger partial charge in [-0.15, -0.1) is 10.1 Å². The van der Waals surface area contributed by atoms with Crippen LogP contribution in [-0.2, 0) is 33.5 Å². The molecule has 1 unspecified atom stereocenters. The molecule has 4 rings (SSSR count). The van der Waals surface area contributed by atoms with Gasteiger partial charge in [-0.2, -0.15) is 0 Å². The average molecular weight is 653 g/mol. The van der Waals surface area contributed by atoms with Crippen molar-refractivity contribution < 1.29 is 58.7 Å². The number of carbonyl (C=O) groups is 5. The summed E-state index contributed by atoms with van der Waals surface area (Å²) < 4.78 is 9.79. The lowest BCUT2D eigenvalue weighted by atomic mass is 9.46. The molecule has 4 N–H and O–H groups in total. The van der Waals surface area contributed by atoms with Gasteiger partial charge >= 0.3 is 12.1 Å². The molecule has 46 heavy (non-hydrogen) atoms. The zero-order valence-corrected chi connectivity index (χ0v) is 26.2. The van der Waals surface area contributed by atoms with Gasteiger partial charge < -0.3 is 34.9 Å². The maximum absolute atomic E-state index is 13.4. The minimum Gasteiger partial charge on any atom is -0.480 e. The number of carboxylic acid groups (broad SMARTS) is 1. The first-order valence-corrected chi connectivity index (χ1v) is 15.9. The summed E-state index contributed by atoms with van der Waals surface area (Å²) in [6.45, 7) is 2.20. The van der Waals surface area contributed by atoms with E-state index in [0.29, 0.717) is 51.4 Å². The molecule has 0 aromatic rings. The summed E-state index contributed by atoms with van der Waals surface area (Å²) in [4.78, 5) is 75.8. The number of aliphatic hydroxyl groups excluding tert-OH is 1. The average Bonchev–Trinajstić information content (AvgIpc) is 3.26. The van der Waals surface area contributed by atoms with Gasteiger partial charge in [-0.3, -0.25) is 14.4 Å². The van der Waals surface area contributed by atoms with Gasteiger partial charge in [0.2, 0.25) is 11.7 Å². The summed E-state index contributed by atoms with van der Waals surface area (Å²) in [6.07, 6.45) is 4.00. The van der Waals surface area contributed by atoms with Crippen LogP contribution in [0.1, 0.15) is 84.5 Å². The molecule has 0 aromatic heterocycles. The molecule has 0 heterocycles. The van der Waals surface area contributed by atoms with Crippen LogP contribution in [0.25, 0.3) is 0 Å². The van der Waals surface area contributed by atoms with Gasteiger partial charge in [0, 0.05) is 24.7 Å². The van der Waals surface area contributed by atoms with Crippen molar-refractivity contribution in [1.29, 1.82) is 0 Å². The van der Waals surface area contributed by atoms with E-state index in [4.69, 9.17) is 9.47 Å². The van der Waals surface area contributed by atoms with Gasteiger partial charge in [0.15, 0.2) is 12.6 Å². The number of aliphatic hydroxyl groups is 2. The van der Waals surface area contributed by atoms with E-state index in [0.717, 1.165) is 5.57 Å². The smallest absolute Gasteiger partial charge is 0.480 e. The third-order valence-corrected chi connectivity index (χ3v) is 11.1. The topological polar surface area (TPSA) is 229 Å². The van der Waals surface area contributed by atoms with Crippen molar-refractivity contribution >= 4 is 29.6 Å². The predicted molar refractivity (Wildman–Crippen MR) is 156 cm³/mol. The van der Waals surface area contributed by atoms with Crippen LogP contribution in [0.3, 0.4) is 0 Å². The second kappa shape index (κ2) is 14.0. The maximum atomic E-state index is 13.4. The Kier molecular flexibility index (Phi) is 10.8. The summed E-state index contributed by atoms with van der Waals surface area (Å²) in [6, 6.07) is -1.59. The minimum atomic E-state index is -1.87. The second-order valence-electron chi connectivity index (χ2n) is 13.6. The Morgan fingerprint density at radius 2 is 1.89 bits per heavy atom. The first kappa shape index (κ1) is 35.3. The van der Waals surface area contributed by atoms with Crippen molar-refractivity contribution in [3.8, 4) is 0 Å². The Hall–Kier alpha value is -3.59. The van der Waals surface area contributed by atoms with Gasteiger partial charge in [-0.25, -0.2) is 9.59 Å². The molecule has 4 aliphatic carbocycles. The van der Waals surface area contributed by atoms with E-state index in [1.165, 1.54) is 0 Å². The SMILES string of the molecule is C[C@]12CCC(=O)CC1=CC[C@@H]1[C@@H]2[C@@H](O)C[C@@]2(C)[C@H]1CC[C@]2(O)C(=O)COC(=O)OCC(NC(=O)CCCCCO[N+](=O)[O-])C(=O)O. The Bertz CT molecular complexity index is 1270. The molecule has 4 aliphatic rings. The minimum absolute atomic E-state index is 0.00850. The predicted octanol–water partition coefficient (Wildman–Crippen LogP) is 2.28. The summed E-state index contributed by atoms with van der Waals surface area (Å²) >= 11 is 0. The van der Waals surface area contributed by atoms with Crippen LogP contribution < -0.4 is 5.32 Å². The number of ketones is 2. The van der Waals surface area contributed by atoms with Crippen LogP contribution in [0.5, 0.6) is 0 Å². The van der Waals surface area contributed by atoms with Gasteiger partial charge in [0.05, 0.1) is 12.7 Å². The van der Waals surface area contributed by atoms with E-state index in [1.54, 1.807) is 6.92 Å². The van der Waals surface area contributed by atoms with E-state index in [1.807, 2.05) is 0 Å². The number of rotatable bonds is 14. The number of fused-ring (bicyclic) bond motifs is 5. The lowest BCUT2D eigenvalue weighted by molar-refractivity contribution is -0.757. The Balaban J connectivity index is 1.28. The Labute approximate surface area is 266 Å². The van der Waals surface area contributed by atoms with Crippen molar-refractivity contribution in [2.24, 2.45) is 28.6 Å². The van der Waals surface area contributed by atoms with Crippen molar-refractivity contribution in [3.05, 3.63) is 21.8 Å². The highest BCUT2D eigenvalue weighted by atomic mass is 16.9. The van der Waals surface area contributed by atoms with Crippen LogP contribution in [0, 0.1) is 38.7 Å².